The number of hydrogen-bond acceptors (Lipinski definition) is 4. The molecular formula is C17H33ClN4O2. The molecule has 1 atom stereocenters. The van der Waals surface area contributed by atoms with E-state index in [0.29, 0.717) is 32.2 Å². The Bertz CT molecular complexity index is 402. The summed E-state index contributed by atoms with van der Waals surface area (Å²) >= 11 is 0. The summed E-state index contributed by atoms with van der Waals surface area (Å²) in [4.78, 5) is 28.7. The highest BCUT2D eigenvalue weighted by Crippen LogP contribution is 2.22. The summed E-state index contributed by atoms with van der Waals surface area (Å²) < 4.78 is 0. The van der Waals surface area contributed by atoms with Gasteiger partial charge in [-0.3, -0.25) is 14.5 Å². The number of rotatable bonds is 6. The first-order chi connectivity index (χ1) is 11.1. The van der Waals surface area contributed by atoms with Crippen LogP contribution >= 0.6 is 12.4 Å². The predicted octanol–water partition coefficient (Wildman–Crippen LogP) is 0.986. The molecule has 140 valence electrons. The van der Waals surface area contributed by atoms with Crippen LogP contribution in [0.5, 0.6) is 0 Å². The molecule has 0 radical (unpaired) electrons. The molecule has 1 saturated carbocycles. The lowest BCUT2D eigenvalue weighted by molar-refractivity contribution is -0.135. The molecule has 1 unspecified atom stereocenters. The number of hydrogen-bond donors (Lipinski definition) is 2. The van der Waals surface area contributed by atoms with Gasteiger partial charge in [0.1, 0.15) is 0 Å². The number of carbonyl (C=O) groups is 2. The molecule has 0 aromatic heterocycles. The van der Waals surface area contributed by atoms with Gasteiger partial charge in [-0.05, 0) is 32.2 Å². The van der Waals surface area contributed by atoms with Gasteiger partial charge >= 0.3 is 0 Å². The number of nitrogens with one attached hydrogen (secondary N) is 1. The van der Waals surface area contributed by atoms with Crippen LogP contribution in [-0.2, 0) is 9.59 Å². The van der Waals surface area contributed by atoms with Gasteiger partial charge in [-0.1, -0.05) is 19.3 Å². The van der Waals surface area contributed by atoms with Gasteiger partial charge < -0.3 is 16.0 Å². The number of carbonyl (C=O) groups excluding carboxylic acids is 2. The van der Waals surface area contributed by atoms with Crippen molar-refractivity contribution in [1.29, 1.82) is 0 Å². The van der Waals surface area contributed by atoms with Crippen molar-refractivity contribution in [1.82, 2.24) is 15.1 Å². The molecule has 1 aliphatic heterocycles. The second kappa shape index (κ2) is 10.9. The fraction of sp³-hybridized carbons (Fsp3) is 0.882. The van der Waals surface area contributed by atoms with E-state index in [1.54, 1.807) is 0 Å². The third-order valence-corrected chi connectivity index (χ3v) is 5.19. The van der Waals surface area contributed by atoms with Crippen LogP contribution in [0.2, 0.25) is 0 Å². The van der Waals surface area contributed by atoms with Crippen molar-refractivity contribution in [3.63, 3.8) is 0 Å². The Morgan fingerprint density at radius 1 is 1.17 bits per heavy atom. The van der Waals surface area contributed by atoms with Gasteiger partial charge in [0.25, 0.3) is 0 Å². The Hall–Kier alpha value is -0.850. The van der Waals surface area contributed by atoms with E-state index >= 15 is 0 Å². The highest BCUT2D eigenvalue weighted by molar-refractivity contribution is 5.85. The summed E-state index contributed by atoms with van der Waals surface area (Å²) in [5.74, 6) is 0.260. The van der Waals surface area contributed by atoms with Gasteiger partial charge in [0.2, 0.25) is 11.8 Å². The zero-order valence-electron chi connectivity index (χ0n) is 14.8. The number of piperidine rings is 1. The van der Waals surface area contributed by atoms with Crippen molar-refractivity contribution in [3.05, 3.63) is 0 Å². The minimum absolute atomic E-state index is 0. The van der Waals surface area contributed by atoms with E-state index in [9.17, 15) is 9.59 Å². The van der Waals surface area contributed by atoms with Crippen LogP contribution in [0.15, 0.2) is 0 Å². The molecular weight excluding hydrogens is 328 g/mol. The molecule has 3 N–H and O–H groups in total. The number of likely N-dealkylation sites (tertiary alicyclic amines) is 1. The van der Waals surface area contributed by atoms with Gasteiger partial charge in [0.05, 0.1) is 12.5 Å². The molecule has 0 aromatic rings. The van der Waals surface area contributed by atoms with E-state index in [1.165, 1.54) is 19.3 Å². The molecule has 2 amide bonds. The van der Waals surface area contributed by atoms with Crippen molar-refractivity contribution < 1.29 is 9.59 Å². The van der Waals surface area contributed by atoms with Gasteiger partial charge in [-0.2, -0.15) is 0 Å². The van der Waals surface area contributed by atoms with E-state index in [1.807, 2.05) is 11.9 Å². The summed E-state index contributed by atoms with van der Waals surface area (Å²) in [6.07, 6.45) is 7.90. The maximum absolute atomic E-state index is 12.5. The van der Waals surface area contributed by atoms with Crippen molar-refractivity contribution >= 4 is 24.2 Å². The van der Waals surface area contributed by atoms with Crippen LogP contribution in [-0.4, -0.2) is 67.4 Å². The highest BCUT2D eigenvalue weighted by Gasteiger charge is 2.28. The van der Waals surface area contributed by atoms with Crippen molar-refractivity contribution in [2.45, 2.75) is 51.0 Å². The minimum atomic E-state index is -0.0110. The fourth-order valence-corrected chi connectivity index (χ4v) is 3.73. The Kier molecular flexibility index (Phi) is 9.63. The molecule has 7 heteroatoms. The highest BCUT2D eigenvalue weighted by atomic mass is 35.5. The number of nitrogens with zero attached hydrogens (tertiary/aromatic N) is 2. The van der Waals surface area contributed by atoms with Gasteiger partial charge in [-0.25, -0.2) is 0 Å². The molecule has 2 rings (SSSR count). The molecule has 1 saturated heterocycles. The third-order valence-electron chi connectivity index (χ3n) is 5.19. The van der Waals surface area contributed by atoms with Crippen molar-refractivity contribution in [2.75, 3.05) is 39.8 Å². The maximum atomic E-state index is 12.5. The molecule has 6 nitrogen and oxygen atoms in total. The first kappa shape index (κ1) is 21.2. The lowest BCUT2D eigenvalue weighted by Gasteiger charge is -2.35. The average Bonchev–Trinajstić information content (AvgIpc) is 2.60. The summed E-state index contributed by atoms with van der Waals surface area (Å²) in [6, 6.07) is 0.407. The van der Waals surface area contributed by atoms with E-state index < -0.39 is 0 Å². The minimum Gasteiger partial charge on any atom is -0.355 e. The summed E-state index contributed by atoms with van der Waals surface area (Å²) in [6.45, 7) is 3.02. The van der Waals surface area contributed by atoms with Crippen molar-refractivity contribution in [2.24, 2.45) is 11.7 Å². The van der Waals surface area contributed by atoms with Crippen LogP contribution in [0.4, 0.5) is 0 Å². The lowest BCUT2D eigenvalue weighted by atomic mass is 9.94. The molecule has 0 bridgehead atoms. The van der Waals surface area contributed by atoms with Crippen LogP contribution < -0.4 is 11.1 Å². The van der Waals surface area contributed by atoms with Crippen LogP contribution in [0.3, 0.4) is 0 Å². The smallest absolute Gasteiger partial charge is 0.236 e. The van der Waals surface area contributed by atoms with E-state index in [-0.39, 0.29) is 30.1 Å². The monoisotopic (exact) mass is 360 g/mol. The van der Waals surface area contributed by atoms with Gasteiger partial charge in [-0.15, -0.1) is 12.4 Å². The largest absolute Gasteiger partial charge is 0.355 e. The SMILES string of the molecule is CN(C(=O)CN1CCCC(C(=O)NCCN)C1)C1CCCCC1.Cl. The quantitative estimate of drug-likeness (QED) is 0.740. The molecule has 2 aliphatic rings. The molecule has 0 spiro atoms. The second-order valence-electron chi connectivity index (χ2n) is 6.95. The Morgan fingerprint density at radius 3 is 2.54 bits per heavy atom. The first-order valence-electron chi connectivity index (χ1n) is 9.07. The number of nitrogens with two attached hydrogens (primary N) is 1. The molecule has 24 heavy (non-hydrogen) atoms. The molecule has 1 aliphatic carbocycles. The molecule has 0 aromatic carbocycles. The van der Waals surface area contributed by atoms with E-state index in [2.05, 4.69) is 10.2 Å². The molecule has 1 heterocycles. The Balaban J connectivity index is 0.00000288. The summed E-state index contributed by atoms with van der Waals surface area (Å²) in [5, 5.41) is 2.86. The zero-order valence-corrected chi connectivity index (χ0v) is 15.7. The number of halogens is 1. The standard InChI is InChI=1S/C17H32N4O2.ClH/c1-20(15-7-3-2-4-8-15)16(22)13-21-11-5-6-14(12-21)17(23)19-10-9-18;/h14-15H,2-13,18H2,1H3,(H,19,23);1H. The zero-order chi connectivity index (χ0) is 16.7. The van der Waals surface area contributed by atoms with Gasteiger partial charge in [0, 0.05) is 32.7 Å². The fourth-order valence-electron chi connectivity index (χ4n) is 3.73. The Morgan fingerprint density at radius 2 is 1.88 bits per heavy atom. The van der Waals surface area contributed by atoms with Crippen LogP contribution in [0.25, 0.3) is 0 Å². The summed E-state index contributed by atoms with van der Waals surface area (Å²) in [5.41, 5.74) is 5.43. The maximum Gasteiger partial charge on any atom is 0.236 e. The normalized spacial score (nSPS) is 22.5. The average molecular weight is 361 g/mol. The summed E-state index contributed by atoms with van der Waals surface area (Å²) in [7, 11) is 1.94. The van der Waals surface area contributed by atoms with E-state index in [4.69, 9.17) is 5.73 Å². The van der Waals surface area contributed by atoms with Gasteiger partial charge in [0.15, 0.2) is 0 Å². The topological polar surface area (TPSA) is 78.7 Å². The van der Waals surface area contributed by atoms with E-state index in [0.717, 1.165) is 32.2 Å². The Labute approximate surface area is 151 Å². The molecule has 2 fully saturated rings. The number of likely N-dealkylation sites (N-methyl/N-ethyl adjacent to an activating group) is 1. The number of amides is 2. The first-order valence-corrected chi connectivity index (χ1v) is 9.07. The third kappa shape index (κ3) is 6.22. The second-order valence-corrected chi connectivity index (χ2v) is 6.95. The van der Waals surface area contributed by atoms with Crippen LogP contribution in [0.1, 0.15) is 44.9 Å². The lowest BCUT2D eigenvalue weighted by Crippen LogP contribution is -2.49. The predicted molar refractivity (Wildman–Crippen MR) is 98.1 cm³/mol. The van der Waals surface area contributed by atoms with Crippen LogP contribution in [0, 0.1) is 5.92 Å². The van der Waals surface area contributed by atoms with Crippen molar-refractivity contribution in [3.8, 4) is 0 Å².